The first-order valence-electron chi connectivity index (χ1n) is 3.92. The van der Waals surface area contributed by atoms with Gasteiger partial charge in [-0.2, -0.15) is 0 Å². The van der Waals surface area contributed by atoms with Crippen molar-refractivity contribution < 1.29 is 13.2 Å². The van der Waals surface area contributed by atoms with Gasteiger partial charge in [0.25, 0.3) is 0 Å². The monoisotopic (exact) mass is 234 g/mol. The van der Waals surface area contributed by atoms with Crippen LogP contribution in [0.15, 0.2) is 29.2 Å². The van der Waals surface area contributed by atoms with Gasteiger partial charge in [-0.05, 0) is 17.7 Å². The number of ether oxygens (including phenoxy) is 1. The average molecular weight is 235 g/mol. The van der Waals surface area contributed by atoms with E-state index in [2.05, 4.69) is 0 Å². The minimum atomic E-state index is -3.14. The van der Waals surface area contributed by atoms with Crippen molar-refractivity contribution in [3.05, 3.63) is 29.8 Å². The molecule has 0 fully saturated rings. The van der Waals surface area contributed by atoms with Crippen LogP contribution in [-0.4, -0.2) is 21.8 Å². The summed E-state index contributed by atoms with van der Waals surface area (Å²) in [5, 5.41) is 0. The molecule has 14 heavy (non-hydrogen) atoms. The quantitative estimate of drug-likeness (QED) is 0.751. The van der Waals surface area contributed by atoms with Crippen LogP contribution in [0, 0.1) is 0 Å². The van der Waals surface area contributed by atoms with Crippen LogP contribution >= 0.6 is 11.6 Å². The standard InChI is InChI=1S/C9H11ClO3S/c1-13-9(10)7-3-5-8(6-4-7)14(2,11)12/h3-6,9H,1-2H3. The van der Waals surface area contributed by atoms with Crippen molar-refractivity contribution in [2.75, 3.05) is 13.4 Å². The Kier molecular flexibility index (Phi) is 3.53. The number of hydrogen-bond acceptors (Lipinski definition) is 3. The van der Waals surface area contributed by atoms with Crippen molar-refractivity contribution in [3.63, 3.8) is 0 Å². The predicted molar refractivity (Wildman–Crippen MR) is 55.2 cm³/mol. The Morgan fingerprint density at radius 2 is 1.79 bits per heavy atom. The fourth-order valence-corrected chi connectivity index (χ4v) is 1.78. The van der Waals surface area contributed by atoms with E-state index in [-0.39, 0.29) is 4.90 Å². The van der Waals surface area contributed by atoms with E-state index in [0.717, 1.165) is 11.8 Å². The van der Waals surface area contributed by atoms with Crippen LogP contribution in [0.2, 0.25) is 0 Å². The number of alkyl halides is 1. The summed E-state index contributed by atoms with van der Waals surface area (Å²) in [6.07, 6.45) is 1.16. The zero-order valence-corrected chi connectivity index (χ0v) is 9.47. The van der Waals surface area contributed by atoms with Crippen LogP contribution in [0.4, 0.5) is 0 Å². The minimum Gasteiger partial charge on any atom is -0.361 e. The second-order valence-electron chi connectivity index (χ2n) is 2.89. The lowest BCUT2D eigenvalue weighted by Gasteiger charge is -2.07. The van der Waals surface area contributed by atoms with E-state index in [1.165, 1.54) is 19.2 Å². The van der Waals surface area contributed by atoms with Gasteiger partial charge in [0.15, 0.2) is 15.4 Å². The van der Waals surface area contributed by atoms with Crippen LogP contribution in [0.25, 0.3) is 0 Å². The Bertz CT molecular complexity index is 397. The molecule has 0 spiro atoms. The second-order valence-corrected chi connectivity index (χ2v) is 5.31. The van der Waals surface area contributed by atoms with E-state index in [1.54, 1.807) is 12.1 Å². The summed E-state index contributed by atoms with van der Waals surface area (Å²) in [6.45, 7) is 0. The molecule has 0 aliphatic carbocycles. The molecule has 0 N–H and O–H groups in total. The van der Waals surface area contributed by atoms with Crippen molar-refractivity contribution in [1.29, 1.82) is 0 Å². The van der Waals surface area contributed by atoms with E-state index >= 15 is 0 Å². The van der Waals surface area contributed by atoms with Crippen molar-refractivity contribution >= 4 is 21.4 Å². The lowest BCUT2D eigenvalue weighted by atomic mass is 10.2. The highest BCUT2D eigenvalue weighted by Crippen LogP contribution is 2.22. The SMILES string of the molecule is COC(Cl)c1ccc(S(C)(=O)=O)cc1. The maximum Gasteiger partial charge on any atom is 0.175 e. The molecule has 5 heteroatoms. The van der Waals surface area contributed by atoms with Gasteiger partial charge in [0.05, 0.1) is 4.90 Å². The molecule has 0 radical (unpaired) electrons. The van der Waals surface area contributed by atoms with Crippen LogP contribution in [0.1, 0.15) is 11.1 Å². The van der Waals surface area contributed by atoms with Crippen molar-refractivity contribution in [2.45, 2.75) is 10.5 Å². The van der Waals surface area contributed by atoms with Crippen LogP contribution in [-0.2, 0) is 14.6 Å². The number of benzene rings is 1. The van der Waals surface area contributed by atoms with Gasteiger partial charge in [0, 0.05) is 13.4 Å². The molecule has 78 valence electrons. The Balaban J connectivity index is 3.01. The maximum atomic E-state index is 11.1. The third-order valence-corrected chi connectivity index (χ3v) is 3.34. The fourth-order valence-electron chi connectivity index (χ4n) is 1.00. The normalized spacial score (nSPS) is 13.9. The highest BCUT2D eigenvalue weighted by molar-refractivity contribution is 7.90. The van der Waals surface area contributed by atoms with Gasteiger partial charge in [-0.1, -0.05) is 23.7 Å². The highest BCUT2D eigenvalue weighted by Gasteiger charge is 2.09. The molecule has 1 aromatic carbocycles. The molecule has 0 aliphatic rings. The lowest BCUT2D eigenvalue weighted by Crippen LogP contribution is -1.98. The zero-order valence-electron chi connectivity index (χ0n) is 7.90. The van der Waals surface area contributed by atoms with Gasteiger partial charge in [-0.3, -0.25) is 0 Å². The molecule has 0 saturated carbocycles. The summed E-state index contributed by atoms with van der Waals surface area (Å²) in [4.78, 5) is 0.279. The molecule has 3 nitrogen and oxygen atoms in total. The van der Waals surface area contributed by atoms with Gasteiger partial charge >= 0.3 is 0 Å². The molecular formula is C9H11ClO3S. The summed E-state index contributed by atoms with van der Waals surface area (Å²) in [7, 11) is -1.65. The van der Waals surface area contributed by atoms with Crippen molar-refractivity contribution in [2.24, 2.45) is 0 Å². The molecule has 0 aliphatic heterocycles. The first-order chi connectivity index (χ1) is 6.45. The van der Waals surface area contributed by atoms with Gasteiger partial charge < -0.3 is 4.74 Å². The molecule has 1 atom stereocenters. The van der Waals surface area contributed by atoms with Crippen LogP contribution < -0.4 is 0 Å². The average Bonchev–Trinajstić information content (AvgIpc) is 2.15. The Labute approximate surface area is 88.6 Å². The minimum absolute atomic E-state index is 0.279. The van der Waals surface area contributed by atoms with E-state index < -0.39 is 15.4 Å². The molecule has 1 rings (SSSR count). The van der Waals surface area contributed by atoms with Gasteiger partial charge in [0.1, 0.15) is 0 Å². The molecule has 1 unspecified atom stereocenters. The summed E-state index contributed by atoms with van der Waals surface area (Å²) in [5.74, 6) is 0. The van der Waals surface area contributed by atoms with Crippen molar-refractivity contribution in [1.82, 2.24) is 0 Å². The van der Waals surface area contributed by atoms with Gasteiger partial charge in [-0.25, -0.2) is 8.42 Å². The lowest BCUT2D eigenvalue weighted by molar-refractivity contribution is 0.170. The third-order valence-electron chi connectivity index (χ3n) is 1.78. The molecule has 0 amide bonds. The van der Waals surface area contributed by atoms with E-state index in [0.29, 0.717) is 0 Å². The zero-order chi connectivity index (χ0) is 10.8. The molecule has 0 aromatic heterocycles. The van der Waals surface area contributed by atoms with E-state index in [1.807, 2.05) is 0 Å². The molecule has 0 saturated heterocycles. The topological polar surface area (TPSA) is 43.4 Å². The first-order valence-corrected chi connectivity index (χ1v) is 6.25. The molecule has 1 aromatic rings. The first kappa shape index (κ1) is 11.5. The van der Waals surface area contributed by atoms with Crippen LogP contribution in [0.5, 0.6) is 0 Å². The Morgan fingerprint density at radius 1 is 1.29 bits per heavy atom. The summed E-state index contributed by atoms with van der Waals surface area (Å²) >= 11 is 5.79. The third kappa shape index (κ3) is 2.70. The largest absolute Gasteiger partial charge is 0.361 e. The number of rotatable bonds is 3. The fraction of sp³-hybridized carbons (Fsp3) is 0.333. The van der Waals surface area contributed by atoms with Crippen LogP contribution in [0.3, 0.4) is 0 Å². The van der Waals surface area contributed by atoms with Crippen molar-refractivity contribution in [3.8, 4) is 0 Å². The number of methoxy groups -OCH3 is 1. The maximum absolute atomic E-state index is 11.1. The Hall–Kier alpha value is -0.580. The predicted octanol–water partition coefficient (Wildman–Crippen LogP) is 1.97. The van der Waals surface area contributed by atoms with E-state index in [9.17, 15) is 8.42 Å². The van der Waals surface area contributed by atoms with Gasteiger partial charge in [0.2, 0.25) is 0 Å². The highest BCUT2D eigenvalue weighted by atomic mass is 35.5. The number of halogens is 1. The summed E-state index contributed by atoms with van der Waals surface area (Å²) in [6, 6.07) is 6.30. The van der Waals surface area contributed by atoms with E-state index in [4.69, 9.17) is 16.3 Å². The molecular weight excluding hydrogens is 224 g/mol. The smallest absolute Gasteiger partial charge is 0.175 e. The Morgan fingerprint density at radius 3 is 2.14 bits per heavy atom. The number of hydrogen-bond donors (Lipinski definition) is 0. The molecule has 0 heterocycles. The second kappa shape index (κ2) is 4.29. The van der Waals surface area contributed by atoms with Gasteiger partial charge in [-0.15, -0.1) is 0 Å². The molecule has 0 bridgehead atoms. The summed E-state index contributed by atoms with van der Waals surface area (Å²) < 4.78 is 27.1. The number of sulfone groups is 1. The summed E-state index contributed by atoms with van der Waals surface area (Å²) in [5.41, 5.74) is 0.199.